The molecule has 1 heterocycles. The minimum Gasteiger partial charge on any atom is -0.465 e. The molecule has 1 aliphatic rings. The molecule has 0 bridgehead atoms. The first kappa shape index (κ1) is 20.1. The van der Waals surface area contributed by atoms with E-state index in [9.17, 15) is 4.79 Å². The van der Waals surface area contributed by atoms with Gasteiger partial charge in [0, 0.05) is 30.8 Å². The van der Waals surface area contributed by atoms with Gasteiger partial charge >= 0.3 is 5.97 Å². The van der Waals surface area contributed by atoms with E-state index in [2.05, 4.69) is 59.4 Å². The van der Waals surface area contributed by atoms with Crippen LogP contribution < -0.4 is 4.90 Å². The van der Waals surface area contributed by atoms with Gasteiger partial charge in [-0.05, 0) is 85.0 Å². The van der Waals surface area contributed by atoms with Crippen LogP contribution in [0.1, 0.15) is 52.2 Å². The molecule has 1 unspecified atom stereocenters. The van der Waals surface area contributed by atoms with Crippen molar-refractivity contribution in [1.29, 1.82) is 0 Å². The van der Waals surface area contributed by atoms with Gasteiger partial charge in [0.05, 0.1) is 12.7 Å². The summed E-state index contributed by atoms with van der Waals surface area (Å²) in [6, 6.07) is 19.1. The highest BCUT2D eigenvalue weighted by Crippen LogP contribution is 2.37. The third kappa shape index (κ3) is 4.23. The molecule has 4 rings (SSSR count). The van der Waals surface area contributed by atoms with Gasteiger partial charge in [-0.1, -0.05) is 24.3 Å². The van der Waals surface area contributed by atoms with Crippen LogP contribution in [0.4, 0.5) is 11.4 Å². The molecule has 1 aliphatic carbocycles. The van der Waals surface area contributed by atoms with Crippen LogP contribution in [0.5, 0.6) is 0 Å². The molecule has 0 spiro atoms. The summed E-state index contributed by atoms with van der Waals surface area (Å²) in [5.74, 6) is 0.223. The van der Waals surface area contributed by atoms with Crippen LogP contribution in [0.15, 0.2) is 67.0 Å². The van der Waals surface area contributed by atoms with E-state index in [1.807, 2.05) is 6.07 Å². The largest absolute Gasteiger partial charge is 0.465 e. The number of anilines is 2. The summed E-state index contributed by atoms with van der Waals surface area (Å²) in [7, 11) is 3.54. The Balaban J connectivity index is 1.52. The predicted molar refractivity (Wildman–Crippen MR) is 121 cm³/mol. The fourth-order valence-corrected chi connectivity index (χ4v) is 4.48. The number of hydrogen-bond acceptors (Lipinski definition) is 4. The fraction of sp³-hybridized carbons (Fsp3) is 0.308. The molecule has 154 valence electrons. The van der Waals surface area contributed by atoms with E-state index in [1.165, 1.54) is 42.5 Å². The molecule has 0 aliphatic heterocycles. The Bertz CT molecular complexity index is 1020. The van der Waals surface area contributed by atoms with Crippen molar-refractivity contribution < 1.29 is 9.53 Å². The van der Waals surface area contributed by atoms with Crippen LogP contribution >= 0.6 is 0 Å². The van der Waals surface area contributed by atoms with Gasteiger partial charge in [0.25, 0.3) is 0 Å². The third-order valence-electron chi connectivity index (χ3n) is 6.17. The van der Waals surface area contributed by atoms with E-state index in [4.69, 9.17) is 4.74 Å². The quantitative estimate of drug-likeness (QED) is 0.499. The minimum absolute atomic E-state index is 0.287. The molecule has 3 aromatic rings. The Kier molecular flexibility index (Phi) is 6.12. The van der Waals surface area contributed by atoms with Gasteiger partial charge in [-0.3, -0.25) is 4.98 Å². The van der Waals surface area contributed by atoms with Crippen LogP contribution in [-0.2, 0) is 17.6 Å². The van der Waals surface area contributed by atoms with Crippen LogP contribution in [0.3, 0.4) is 0 Å². The molecule has 30 heavy (non-hydrogen) atoms. The second-order valence-corrected chi connectivity index (χ2v) is 7.93. The summed E-state index contributed by atoms with van der Waals surface area (Å²) < 4.78 is 4.93. The van der Waals surface area contributed by atoms with E-state index in [-0.39, 0.29) is 5.97 Å². The summed E-state index contributed by atoms with van der Waals surface area (Å²) in [5.41, 5.74) is 6.92. The number of benzene rings is 2. The molecule has 1 aromatic heterocycles. The van der Waals surface area contributed by atoms with E-state index in [1.54, 1.807) is 18.5 Å². The molecule has 0 amide bonds. The maximum absolute atomic E-state index is 12.0. The maximum atomic E-state index is 12.0. The lowest BCUT2D eigenvalue weighted by atomic mass is 9.79. The lowest BCUT2D eigenvalue weighted by Crippen LogP contribution is -2.14. The average molecular weight is 401 g/mol. The zero-order valence-electron chi connectivity index (χ0n) is 17.7. The number of pyridine rings is 1. The topological polar surface area (TPSA) is 42.4 Å². The molecule has 1 atom stereocenters. The van der Waals surface area contributed by atoms with Crippen molar-refractivity contribution in [1.82, 2.24) is 4.98 Å². The fourth-order valence-electron chi connectivity index (χ4n) is 4.48. The van der Waals surface area contributed by atoms with E-state index < -0.39 is 0 Å². The number of fused-ring (bicyclic) bond motifs is 1. The number of carbonyl (C=O) groups is 1. The van der Waals surface area contributed by atoms with Gasteiger partial charge in [0.15, 0.2) is 0 Å². The summed E-state index contributed by atoms with van der Waals surface area (Å²) in [6.45, 7) is 0. The molecule has 0 saturated carbocycles. The highest BCUT2D eigenvalue weighted by Gasteiger charge is 2.22. The lowest BCUT2D eigenvalue weighted by molar-refractivity contribution is 0.0599. The number of methoxy groups -OCH3 is 1. The van der Waals surface area contributed by atoms with Crippen molar-refractivity contribution in [2.75, 3.05) is 19.1 Å². The van der Waals surface area contributed by atoms with Crippen LogP contribution in [0.25, 0.3) is 0 Å². The zero-order valence-corrected chi connectivity index (χ0v) is 17.7. The molecule has 4 heteroatoms. The molecule has 0 radical (unpaired) electrons. The first-order valence-electron chi connectivity index (χ1n) is 10.6. The molecular weight excluding hydrogens is 372 g/mol. The van der Waals surface area contributed by atoms with Gasteiger partial charge in [-0.25, -0.2) is 4.79 Å². The second kappa shape index (κ2) is 9.12. The minimum atomic E-state index is -0.287. The normalized spacial score (nSPS) is 15.3. The second-order valence-electron chi connectivity index (χ2n) is 7.93. The van der Waals surface area contributed by atoms with E-state index >= 15 is 0 Å². The standard InChI is InChI=1S/C26H28N2O2/c1-28(22-9-4-3-5-10-22)23-13-14-24-19(7-6-8-20(24)17-23)11-12-21-18-27-16-15-25(21)26(29)30-2/h3-5,9-10,13-19H,6-8,11-12H2,1-2H3. The Morgan fingerprint density at radius 3 is 2.77 bits per heavy atom. The van der Waals surface area contributed by atoms with Gasteiger partial charge < -0.3 is 9.64 Å². The summed E-state index contributed by atoms with van der Waals surface area (Å²) in [5, 5.41) is 0. The van der Waals surface area contributed by atoms with Gasteiger partial charge in [-0.15, -0.1) is 0 Å². The van der Waals surface area contributed by atoms with E-state index in [0.29, 0.717) is 11.5 Å². The Hall–Kier alpha value is -3.14. The van der Waals surface area contributed by atoms with Crippen molar-refractivity contribution in [2.24, 2.45) is 0 Å². The summed E-state index contributed by atoms with van der Waals surface area (Å²) >= 11 is 0. The molecule has 0 fully saturated rings. The predicted octanol–water partition coefficient (Wildman–Crippen LogP) is 5.69. The lowest BCUT2D eigenvalue weighted by Gasteiger charge is -2.28. The molecule has 4 nitrogen and oxygen atoms in total. The number of carbonyl (C=O) groups excluding carboxylic acids is 1. The number of hydrogen-bond donors (Lipinski definition) is 0. The summed E-state index contributed by atoms with van der Waals surface area (Å²) in [6.07, 6.45) is 8.80. The average Bonchev–Trinajstić information content (AvgIpc) is 2.82. The number of aromatic nitrogens is 1. The van der Waals surface area contributed by atoms with Crippen LogP contribution in [-0.4, -0.2) is 25.1 Å². The zero-order chi connectivity index (χ0) is 20.9. The number of aryl methyl sites for hydroxylation is 2. The van der Waals surface area contributed by atoms with Gasteiger partial charge in [0.1, 0.15) is 0 Å². The van der Waals surface area contributed by atoms with Gasteiger partial charge in [-0.2, -0.15) is 0 Å². The highest BCUT2D eigenvalue weighted by molar-refractivity contribution is 5.90. The first-order valence-corrected chi connectivity index (χ1v) is 10.6. The molecule has 0 N–H and O–H groups in total. The number of ether oxygens (including phenoxy) is 1. The molecular formula is C26H28N2O2. The van der Waals surface area contributed by atoms with Crippen LogP contribution in [0, 0.1) is 0 Å². The number of rotatable bonds is 6. The SMILES string of the molecule is COC(=O)c1ccncc1CCC1CCCc2cc(N(C)c3ccccc3)ccc21. The Morgan fingerprint density at radius 1 is 1.13 bits per heavy atom. The van der Waals surface area contributed by atoms with Crippen molar-refractivity contribution in [3.05, 3.63) is 89.2 Å². The van der Waals surface area contributed by atoms with Crippen molar-refractivity contribution in [3.8, 4) is 0 Å². The maximum Gasteiger partial charge on any atom is 0.338 e. The van der Waals surface area contributed by atoms with Crippen molar-refractivity contribution in [3.63, 3.8) is 0 Å². The number of para-hydroxylation sites is 1. The smallest absolute Gasteiger partial charge is 0.338 e. The Labute approximate surface area is 178 Å². The molecule has 2 aromatic carbocycles. The first-order chi connectivity index (χ1) is 14.7. The monoisotopic (exact) mass is 400 g/mol. The highest BCUT2D eigenvalue weighted by atomic mass is 16.5. The third-order valence-corrected chi connectivity index (χ3v) is 6.17. The van der Waals surface area contributed by atoms with Crippen molar-refractivity contribution in [2.45, 2.75) is 38.0 Å². The Morgan fingerprint density at radius 2 is 1.97 bits per heavy atom. The van der Waals surface area contributed by atoms with E-state index in [0.717, 1.165) is 24.8 Å². The van der Waals surface area contributed by atoms with Crippen LogP contribution in [0.2, 0.25) is 0 Å². The molecule has 0 saturated heterocycles. The number of esters is 1. The summed E-state index contributed by atoms with van der Waals surface area (Å²) in [4.78, 5) is 18.5. The number of nitrogens with zero attached hydrogens (tertiary/aromatic N) is 2. The van der Waals surface area contributed by atoms with Crippen molar-refractivity contribution >= 4 is 17.3 Å². The van der Waals surface area contributed by atoms with Gasteiger partial charge in [0.2, 0.25) is 0 Å².